The van der Waals surface area contributed by atoms with Crippen molar-refractivity contribution in [3.05, 3.63) is 32.4 Å². The van der Waals surface area contributed by atoms with Gasteiger partial charge in [-0.2, -0.15) is 0 Å². The molecule has 106 valence electrons. The second-order valence-electron chi connectivity index (χ2n) is 4.62. The molecule has 0 saturated carbocycles. The van der Waals surface area contributed by atoms with Crippen LogP contribution in [0.1, 0.15) is 23.2 Å². The molecule has 1 saturated heterocycles. The van der Waals surface area contributed by atoms with Gasteiger partial charge in [-0.3, -0.25) is 4.79 Å². The average Bonchev–Trinajstić information content (AvgIpc) is 2.41. The summed E-state index contributed by atoms with van der Waals surface area (Å²) in [6.45, 7) is 2.23. The molecule has 1 aliphatic heterocycles. The van der Waals surface area contributed by atoms with Gasteiger partial charge < -0.3 is 10.6 Å². The molecule has 0 aromatic heterocycles. The molecule has 0 aliphatic carbocycles. The molecule has 2 N–H and O–H groups in total. The number of rotatable bonds is 2. The number of benzene rings is 1. The molecule has 1 aromatic carbocycles. The van der Waals surface area contributed by atoms with Gasteiger partial charge in [0.05, 0.1) is 5.56 Å². The van der Waals surface area contributed by atoms with Crippen molar-refractivity contribution in [3.8, 4) is 0 Å². The van der Waals surface area contributed by atoms with Crippen LogP contribution in [0.2, 0.25) is 5.02 Å². The van der Waals surface area contributed by atoms with E-state index >= 15 is 0 Å². The van der Waals surface area contributed by atoms with Crippen LogP contribution in [0.5, 0.6) is 0 Å². The Morgan fingerprint density at radius 2 is 2.26 bits per heavy atom. The van der Waals surface area contributed by atoms with E-state index in [2.05, 4.69) is 22.6 Å². The molecule has 0 spiro atoms. The Morgan fingerprint density at radius 1 is 1.53 bits per heavy atom. The lowest BCUT2D eigenvalue weighted by Gasteiger charge is -2.32. The van der Waals surface area contributed by atoms with Gasteiger partial charge in [-0.25, -0.2) is 0 Å². The highest BCUT2D eigenvalue weighted by molar-refractivity contribution is 14.1. The Balaban J connectivity index is 0.00000180. The zero-order chi connectivity index (χ0) is 13.1. The van der Waals surface area contributed by atoms with Crippen LogP contribution < -0.4 is 5.73 Å². The van der Waals surface area contributed by atoms with Crippen molar-refractivity contribution in [3.63, 3.8) is 0 Å². The predicted octanol–water partition coefficient (Wildman–Crippen LogP) is 3.18. The second-order valence-corrected chi connectivity index (χ2v) is 6.22. The second kappa shape index (κ2) is 7.67. The van der Waals surface area contributed by atoms with Crippen LogP contribution >= 0.6 is 46.6 Å². The third kappa shape index (κ3) is 4.21. The number of carbonyl (C=O) groups excluding carboxylic acids is 1. The minimum atomic E-state index is 0. The van der Waals surface area contributed by atoms with Gasteiger partial charge in [0.1, 0.15) is 0 Å². The van der Waals surface area contributed by atoms with Gasteiger partial charge >= 0.3 is 0 Å². The first-order chi connectivity index (χ1) is 8.61. The molecule has 19 heavy (non-hydrogen) atoms. The smallest absolute Gasteiger partial charge is 0.254 e. The van der Waals surface area contributed by atoms with Crippen LogP contribution in [0.3, 0.4) is 0 Å². The largest absolute Gasteiger partial charge is 0.338 e. The van der Waals surface area contributed by atoms with E-state index in [0.717, 1.165) is 29.5 Å². The highest BCUT2D eigenvalue weighted by Crippen LogP contribution is 2.22. The summed E-state index contributed by atoms with van der Waals surface area (Å²) in [5.74, 6) is 0.500. The van der Waals surface area contributed by atoms with Crippen LogP contribution in [0.4, 0.5) is 0 Å². The lowest BCUT2D eigenvalue weighted by Crippen LogP contribution is -2.42. The summed E-state index contributed by atoms with van der Waals surface area (Å²) in [5, 5.41) is 0.603. The summed E-state index contributed by atoms with van der Waals surface area (Å²) in [4.78, 5) is 14.4. The van der Waals surface area contributed by atoms with Crippen molar-refractivity contribution >= 4 is 52.5 Å². The van der Waals surface area contributed by atoms with Gasteiger partial charge in [-0.05, 0) is 66.1 Å². The van der Waals surface area contributed by atoms with E-state index in [1.807, 2.05) is 11.0 Å². The van der Waals surface area contributed by atoms with Crippen molar-refractivity contribution < 1.29 is 4.79 Å². The first kappa shape index (κ1) is 17.0. The minimum Gasteiger partial charge on any atom is -0.338 e. The third-order valence-corrected chi connectivity index (χ3v) is 4.47. The standard InChI is InChI=1S/C13H16ClIN2O.ClH/c14-10-3-4-12(15)11(6-10)13(18)17-5-1-2-9(7-16)8-17;/h3-4,6,9H,1-2,5,7-8,16H2;1H. The van der Waals surface area contributed by atoms with Crippen LogP contribution in [-0.4, -0.2) is 30.4 Å². The van der Waals surface area contributed by atoms with Crippen molar-refractivity contribution in [2.24, 2.45) is 11.7 Å². The number of amides is 1. The van der Waals surface area contributed by atoms with E-state index in [-0.39, 0.29) is 18.3 Å². The molecular weight excluding hydrogens is 398 g/mol. The van der Waals surface area contributed by atoms with E-state index in [1.165, 1.54) is 0 Å². The summed E-state index contributed by atoms with van der Waals surface area (Å²) in [6, 6.07) is 5.43. The molecule has 2 rings (SSSR count). The number of nitrogens with two attached hydrogens (primary N) is 1. The Hall–Kier alpha value is -0.0400. The van der Waals surface area contributed by atoms with Gasteiger partial charge in [0.25, 0.3) is 5.91 Å². The van der Waals surface area contributed by atoms with E-state index in [0.29, 0.717) is 23.0 Å². The van der Waals surface area contributed by atoms with E-state index in [4.69, 9.17) is 17.3 Å². The Labute approximate surface area is 138 Å². The molecule has 1 fully saturated rings. The minimum absolute atomic E-state index is 0. The first-order valence-electron chi connectivity index (χ1n) is 6.06. The number of halogens is 3. The topological polar surface area (TPSA) is 46.3 Å². The van der Waals surface area contributed by atoms with Crippen LogP contribution in [0, 0.1) is 9.49 Å². The van der Waals surface area contributed by atoms with Gasteiger partial charge in [-0.15, -0.1) is 12.4 Å². The number of hydrogen-bond acceptors (Lipinski definition) is 2. The molecule has 0 radical (unpaired) electrons. The maximum atomic E-state index is 12.5. The molecule has 1 amide bonds. The predicted molar refractivity (Wildman–Crippen MR) is 89.1 cm³/mol. The highest BCUT2D eigenvalue weighted by Gasteiger charge is 2.24. The SMILES string of the molecule is Cl.NCC1CCCN(C(=O)c2cc(Cl)ccc2I)C1. The number of nitrogens with zero attached hydrogens (tertiary/aromatic N) is 1. The number of hydrogen-bond donors (Lipinski definition) is 1. The molecule has 6 heteroatoms. The summed E-state index contributed by atoms with van der Waals surface area (Å²) >= 11 is 8.13. The lowest BCUT2D eigenvalue weighted by molar-refractivity contribution is 0.0677. The maximum absolute atomic E-state index is 12.5. The molecule has 0 bridgehead atoms. The van der Waals surface area contributed by atoms with Gasteiger partial charge in [0, 0.05) is 21.7 Å². The highest BCUT2D eigenvalue weighted by atomic mass is 127. The van der Waals surface area contributed by atoms with Crippen molar-refractivity contribution in [2.75, 3.05) is 19.6 Å². The Morgan fingerprint density at radius 3 is 2.95 bits per heavy atom. The molecule has 1 unspecified atom stereocenters. The van der Waals surface area contributed by atoms with Crippen molar-refractivity contribution in [1.82, 2.24) is 4.90 Å². The van der Waals surface area contributed by atoms with Crippen LogP contribution in [0.25, 0.3) is 0 Å². The molecular formula is C13H17Cl2IN2O. The number of carbonyl (C=O) groups is 1. The normalized spacial score (nSPS) is 18.9. The van der Waals surface area contributed by atoms with E-state index < -0.39 is 0 Å². The van der Waals surface area contributed by atoms with E-state index in [1.54, 1.807) is 12.1 Å². The molecule has 1 aliphatic rings. The van der Waals surface area contributed by atoms with Crippen molar-refractivity contribution in [1.29, 1.82) is 0 Å². The molecule has 1 aromatic rings. The Bertz CT molecular complexity index is 456. The quantitative estimate of drug-likeness (QED) is 0.755. The zero-order valence-corrected chi connectivity index (χ0v) is 14.2. The fraction of sp³-hybridized carbons (Fsp3) is 0.462. The number of piperidine rings is 1. The van der Waals surface area contributed by atoms with Gasteiger partial charge in [-0.1, -0.05) is 11.6 Å². The Kier molecular flexibility index (Phi) is 6.86. The third-order valence-electron chi connectivity index (χ3n) is 3.30. The molecule has 1 heterocycles. The summed E-state index contributed by atoms with van der Waals surface area (Å²) in [7, 11) is 0. The summed E-state index contributed by atoms with van der Waals surface area (Å²) < 4.78 is 0.942. The van der Waals surface area contributed by atoms with Gasteiger partial charge in [0.2, 0.25) is 0 Å². The van der Waals surface area contributed by atoms with Crippen molar-refractivity contribution in [2.45, 2.75) is 12.8 Å². The van der Waals surface area contributed by atoms with E-state index in [9.17, 15) is 4.79 Å². The average molecular weight is 415 g/mol. The summed E-state index contributed by atoms with van der Waals surface area (Å²) in [6.07, 6.45) is 2.15. The fourth-order valence-electron chi connectivity index (χ4n) is 2.27. The number of likely N-dealkylation sites (tertiary alicyclic amines) is 1. The fourth-order valence-corrected chi connectivity index (χ4v) is 3.01. The molecule has 3 nitrogen and oxygen atoms in total. The van der Waals surface area contributed by atoms with Crippen LogP contribution in [0.15, 0.2) is 18.2 Å². The lowest BCUT2D eigenvalue weighted by atomic mass is 9.97. The first-order valence-corrected chi connectivity index (χ1v) is 7.52. The van der Waals surface area contributed by atoms with Gasteiger partial charge in [0.15, 0.2) is 0 Å². The summed E-state index contributed by atoms with van der Waals surface area (Å²) in [5.41, 5.74) is 6.39. The van der Waals surface area contributed by atoms with Crippen LogP contribution in [-0.2, 0) is 0 Å². The monoisotopic (exact) mass is 414 g/mol. The maximum Gasteiger partial charge on any atom is 0.254 e. The zero-order valence-electron chi connectivity index (χ0n) is 10.4. The molecule has 1 atom stereocenters.